The van der Waals surface area contributed by atoms with Crippen LogP contribution in [0.3, 0.4) is 0 Å². The second-order valence-corrected chi connectivity index (χ2v) is 6.78. The molecule has 1 aromatic carbocycles. The molecule has 0 amide bonds. The topological polar surface area (TPSA) is 72.2 Å². The highest BCUT2D eigenvalue weighted by atomic mass is 32.2. The Morgan fingerprint density at radius 3 is 2.58 bits per heavy atom. The fourth-order valence-corrected chi connectivity index (χ4v) is 3.61. The minimum absolute atomic E-state index is 0.212. The molecule has 1 fully saturated rings. The van der Waals surface area contributed by atoms with Gasteiger partial charge in [-0.15, -0.1) is 0 Å². The molecule has 0 bridgehead atoms. The molecule has 19 heavy (non-hydrogen) atoms. The maximum atomic E-state index is 13.6. The first-order chi connectivity index (χ1) is 8.99. The van der Waals surface area contributed by atoms with Crippen molar-refractivity contribution < 1.29 is 12.8 Å². The van der Waals surface area contributed by atoms with Gasteiger partial charge in [0.05, 0.1) is 0 Å². The Bertz CT molecular complexity index is 540. The van der Waals surface area contributed by atoms with Gasteiger partial charge in [-0.25, -0.2) is 17.5 Å². The zero-order valence-electron chi connectivity index (χ0n) is 10.7. The van der Waals surface area contributed by atoms with Crippen molar-refractivity contribution in [2.75, 3.05) is 12.3 Å². The second kappa shape index (κ2) is 5.88. The van der Waals surface area contributed by atoms with E-state index in [9.17, 15) is 12.8 Å². The van der Waals surface area contributed by atoms with Crippen LogP contribution in [0.5, 0.6) is 0 Å². The first-order valence-corrected chi connectivity index (χ1v) is 8.02. The summed E-state index contributed by atoms with van der Waals surface area (Å²) in [5.41, 5.74) is 5.62. The number of hydrogen-bond acceptors (Lipinski definition) is 3. The number of nitrogen functional groups attached to an aromatic ring is 1. The van der Waals surface area contributed by atoms with Gasteiger partial charge in [0.2, 0.25) is 10.0 Å². The van der Waals surface area contributed by atoms with E-state index in [1.54, 1.807) is 0 Å². The first kappa shape index (κ1) is 14.3. The van der Waals surface area contributed by atoms with Crippen LogP contribution in [0.2, 0.25) is 0 Å². The van der Waals surface area contributed by atoms with E-state index in [-0.39, 0.29) is 10.6 Å². The molecule has 6 heteroatoms. The van der Waals surface area contributed by atoms with Crippen molar-refractivity contribution in [3.8, 4) is 0 Å². The Morgan fingerprint density at radius 2 is 1.95 bits per heavy atom. The van der Waals surface area contributed by atoms with E-state index < -0.39 is 15.8 Å². The monoisotopic (exact) mass is 286 g/mol. The summed E-state index contributed by atoms with van der Waals surface area (Å²) in [6, 6.07) is 3.61. The van der Waals surface area contributed by atoms with E-state index in [0.717, 1.165) is 31.7 Å². The average molecular weight is 286 g/mol. The molecule has 3 N–H and O–H groups in total. The summed E-state index contributed by atoms with van der Waals surface area (Å²) in [6.07, 6.45) is 5.57. The lowest BCUT2D eigenvalue weighted by Crippen LogP contribution is -2.30. The van der Waals surface area contributed by atoms with Crippen LogP contribution in [0.15, 0.2) is 23.1 Å². The normalized spacial score (nSPS) is 17.5. The number of sulfonamides is 1. The molecular formula is C13H19FN2O2S. The minimum Gasteiger partial charge on any atom is -0.399 e. The van der Waals surface area contributed by atoms with Gasteiger partial charge in [-0.2, -0.15) is 0 Å². The Labute approximate surface area is 113 Å². The molecule has 0 heterocycles. The molecule has 1 saturated carbocycles. The number of benzene rings is 1. The average Bonchev–Trinajstić information content (AvgIpc) is 2.37. The molecule has 0 aromatic heterocycles. The fourth-order valence-electron chi connectivity index (χ4n) is 2.43. The molecule has 0 radical (unpaired) electrons. The summed E-state index contributed by atoms with van der Waals surface area (Å²) >= 11 is 0. The zero-order chi connectivity index (χ0) is 13.9. The van der Waals surface area contributed by atoms with Crippen molar-refractivity contribution in [3.63, 3.8) is 0 Å². The van der Waals surface area contributed by atoms with Gasteiger partial charge in [-0.05, 0) is 37.0 Å². The molecule has 0 saturated heterocycles. The first-order valence-electron chi connectivity index (χ1n) is 6.54. The highest BCUT2D eigenvalue weighted by Gasteiger charge is 2.21. The smallest absolute Gasteiger partial charge is 0.243 e. The third kappa shape index (κ3) is 3.67. The lowest BCUT2D eigenvalue weighted by atomic mass is 9.90. The number of halogens is 1. The van der Waals surface area contributed by atoms with E-state index in [4.69, 9.17) is 5.73 Å². The van der Waals surface area contributed by atoms with Crippen molar-refractivity contribution in [3.05, 3.63) is 24.0 Å². The van der Waals surface area contributed by atoms with Crippen LogP contribution >= 0.6 is 0 Å². The van der Waals surface area contributed by atoms with E-state index in [0.29, 0.717) is 12.5 Å². The van der Waals surface area contributed by atoms with Crippen LogP contribution in [0.1, 0.15) is 32.1 Å². The molecule has 0 unspecified atom stereocenters. The molecule has 1 aliphatic rings. The van der Waals surface area contributed by atoms with E-state index >= 15 is 0 Å². The Kier molecular flexibility index (Phi) is 4.42. The number of nitrogens with one attached hydrogen (secondary N) is 1. The van der Waals surface area contributed by atoms with E-state index in [1.807, 2.05) is 0 Å². The SMILES string of the molecule is Nc1ccc(S(=O)(=O)NCC2CCCCC2)c(F)c1. The van der Waals surface area contributed by atoms with E-state index in [2.05, 4.69) is 4.72 Å². The van der Waals surface area contributed by atoms with Gasteiger partial charge in [0, 0.05) is 12.2 Å². The molecule has 1 aliphatic carbocycles. The largest absolute Gasteiger partial charge is 0.399 e. The molecule has 0 spiro atoms. The molecule has 0 atom stereocenters. The van der Waals surface area contributed by atoms with Crippen LogP contribution in [-0.4, -0.2) is 15.0 Å². The van der Waals surface area contributed by atoms with Crippen molar-refractivity contribution in [1.82, 2.24) is 4.72 Å². The van der Waals surface area contributed by atoms with Crippen molar-refractivity contribution in [2.24, 2.45) is 5.92 Å². The maximum absolute atomic E-state index is 13.6. The van der Waals surface area contributed by atoms with Crippen molar-refractivity contribution in [2.45, 2.75) is 37.0 Å². The number of nitrogens with two attached hydrogens (primary N) is 1. The third-order valence-corrected chi connectivity index (χ3v) is 4.99. The summed E-state index contributed by atoms with van der Waals surface area (Å²) < 4.78 is 40.1. The second-order valence-electron chi connectivity index (χ2n) is 5.05. The highest BCUT2D eigenvalue weighted by Crippen LogP contribution is 2.24. The van der Waals surface area contributed by atoms with Gasteiger partial charge >= 0.3 is 0 Å². The number of hydrogen-bond donors (Lipinski definition) is 2. The lowest BCUT2D eigenvalue weighted by molar-refractivity contribution is 0.357. The summed E-state index contributed by atoms with van der Waals surface area (Å²) in [5.74, 6) is -0.448. The van der Waals surface area contributed by atoms with Crippen LogP contribution in [-0.2, 0) is 10.0 Å². The van der Waals surface area contributed by atoms with Gasteiger partial charge in [-0.3, -0.25) is 0 Å². The van der Waals surface area contributed by atoms with Crippen LogP contribution in [0.4, 0.5) is 10.1 Å². The predicted molar refractivity (Wildman–Crippen MR) is 72.6 cm³/mol. The summed E-state index contributed by atoms with van der Waals surface area (Å²) in [4.78, 5) is -0.336. The minimum atomic E-state index is -3.79. The lowest BCUT2D eigenvalue weighted by Gasteiger charge is -2.21. The van der Waals surface area contributed by atoms with Gasteiger partial charge in [0.25, 0.3) is 0 Å². The van der Waals surface area contributed by atoms with Gasteiger partial charge in [-0.1, -0.05) is 19.3 Å². The highest BCUT2D eigenvalue weighted by molar-refractivity contribution is 7.89. The zero-order valence-corrected chi connectivity index (χ0v) is 11.5. The Hall–Kier alpha value is -1.14. The summed E-state index contributed by atoms with van der Waals surface area (Å²) in [7, 11) is -3.79. The molecule has 0 aliphatic heterocycles. The fraction of sp³-hybridized carbons (Fsp3) is 0.538. The maximum Gasteiger partial charge on any atom is 0.243 e. The predicted octanol–water partition coefficient (Wildman–Crippen LogP) is 2.27. The third-order valence-electron chi connectivity index (χ3n) is 3.53. The summed E-state index contributed by atoms with van der Waals surface area (Å²) in [5, 5.41) is 0. The van der Waals surface area contributed by atoms with Gasteiger partial charge < -0.3 is 5.73 Å². The number of rotatable bonds is 4. The van der Waals surface area contributed by atoms with Crippen molar-refractivity contribution >= 4 is 15.7 Å². The summed E-state index contributed by atoms with van der Waals surface area (Å²) in [6.45, 7) is 0.381. The Morgan fingerprint density at radius 1 is 1.26 bits per heavy atom. The molecule has 2 rings (SSSR count). The Balaban J connectivity index is 2.05. The molecule has 4 nitrogen and oxygen atoms in total. The molecular weight excluding hydrogens is 267 g/mol. The van der Waals surface area contributed by atoms with Crippen LogP contribution in [0, 0.1) is 11.7 Å². The quantitative estimate of drug-likeness (QED) is 0.834. The standard InChI is InChI=1S/C13H19FN2O2S/c14-12-8-11(15)6-7-13(12)19(17,18)16-9-10-4-2-1-3-5-10/h6-8,10,16H,1-5,9,15H2. The van der Waals surface area contributed by atoms with Gasteiger partial charge in [0.15, 0.2) is 0 Å². The van der Waals surface area contributed by atoms with Crippen molar-refractivity contribution in [1.29, 1.82) is 0 Å². The van der Waals surface area contributed by atoms with Crippen LogP contribution in [0.25, 0.3) is 0 Å². The number of anilines is 1. The molecule has 1 aromatic rings. The van der Waals surface area contributed by atoms with Gasteiger partial charge in [0.1, 0.15) is 10.7 Å². The molecule has 106 valence electrons. The van der Waals surface area contributed by atoms with E-state index in [1.165, 1.54) is 18.6 Å². The van der Waals surface area contributed by atoms with Crippen LogP contribution < -0.4 is 10.5 Å².